The number of benzene rings is 2. The molecule has 0 saturated carbocycles. The Kier molecular flexibility index (Phi) is 4.71. The summed E-state index contributed by atoms with van der Waals surface area (Å²) in [4.78, 5) is 10.8. The van der Waals surface area contributed by atoms with Gasteiger partial charge < -0.3 is 4.79 Å². The van der Waals surface area contributed by atoms with Crippen LogP contribution in [0, 0.1) is 0 Å². The third-order valence-electron chi connectivity index (χ3n) is 3.05. The molecule has 0 aromatic heterocycles. The first kappa shape index (κ1) is 13.0. The molecule has 0 heterocycles. The summed E-state index contributed by atoms with van der Waals surface area (Å²) < 4.78 is 1.08. The summed E-state index contributed by atoms with van der Waals surface area (Å²) in [6.45, 7) is 0. The maximum atomic E-state index is 10.8. The largest absolute Gasteiger partial charge is 0.303 e. The molecule has 0 amide bonds. The highest BCUT2D eigenvalue weighted by Gasteiger charge is 2.11. The molecule has 1 nitrogen and oxygen atoms in total. The number of aldehydes is 1. The van der Waals surface area contributed by atoms with E-state index in [1.54, 1.807) is 0 Å². The van der Waals surface area contributed by atoms with Gasteiger partial charge in [0.05, 0.1) is 0 Å². The highest BCUT2D eigenvalue weighted by molar-refractivity contribution is 9.10. The van der Waals surface area contributed by atoms with E-state index in [2.05, 4.69) is 40.2 Å². The Morgan fingerprint density at radius 2 is 1.67 bits per heavy atom. The SMILES string of the molecule is O=CC[C@H](Cc1ccc(Br)cc1)c1ccccc1. The van der Waals surface area contributed by atoms with Crippen LogP contribution in [0.5, 0.6) is 0 Å². The lowest BCUT2D eigenvalue weighted by Crippen LogP contribution is -2.03. The van der Waals surface area contributed by atoms with E-state index >= 15 is 0 Å². The van der Waals surface area contributed by atoms with Crippen molar-refractivity contribution in [1.82, 2.24) is 0 Å². The lowest BCUT2D eigenvalue weighted by Gasteiger charge is -2.14. The molecule has 0 aliphatic heterocycles. The lowest BCUT2D eigenvalue weighted by molar-refractivity contribution is -0.108. The fourth-order valence-corrected chi connectivity index (χ4v) is 2.35. The van der Waals surface area contributed by atoms with Crippen LogP contribution < -0.4 is 0 Å². The fraction of sp³-hybridized carbons (Fsp3) is 0.188. The number of hydrogen-bond acceptors (Lipinski definition) is 1. The van der Waals surface area contributed by atoms with E-state index in [-0.39, 0.29) is 5.92 Å². The first-order valence-electron chi connectivity index (χ1n) is 6.02. The van der Waals surface area contributed by atoms with Crippen molar-refractivity contribution in [1.29, 1.82) is 0 Å². The van der Waals surface area contributed by atoms with Crippen molar-refractivity contribution < 1.29 is 4.79 Å². The second-order valence-electron chi connectivity index (χ2n) is 4.34. The molecule has 0 fully saturated rings. The third kappa shape index (κ3) is 3.54. The molecule has 0 bridgehead atoms. The molecule has 2 rings (SSSR count). The first-order chi connectivity index (χ1) is 8.79. The van der Waals surface area contributed by atoms with Crippen molar-refractivity contribution in [3.8, 4) is 0 Å². The van der Waals surface area contributed by atoms with Crippen LogP contribution in [0.1, 0.15) is 23.5 Å². The van der Waals surface area contributed by atoms with E-state index < -0.39 is 0 Å². The van der Waals surface area contributed by atoms with Crippen molar-refractivity contribution in [3.63, 3.8) is 0 Å². The van der Waals surface area contributed by atoms with Crippen LogP contribution in [0.15, 0.2) is 59.1 Å². The molecule has 0 aliphatic carbocycles. The zero-order valence-corrected chi connectivity index (χ0v) is 11.6. The molecule has 92 valence electrons. The smallest absolute Gasteiger partial charge is 0.120 e. The maximum absolute atomic E-state index is 10.8. The molecule has 1 atom stereocenters. The second-order valence-corrected chi connectivity index (χ2v) is 5.26. The molecule has 18 heavy (non-hydrogen) atoms. The van der Waals surface area contributed by atoms with Crippen LogP contribution in [0.25, 0.3) is 0 Å². The van der Waals surface area contributed by atoms with Crippen molar-refractivity contribution in [2.45, 2.75) is 18.8 Å². The van der Waals surface area contributed by atoms with Gasteiger partial charge in [0.15, 0.2) is 0 Å². The third-order valence-corrected chi connectivity index (χ3v) is 3.58. The molecule has 0 N–H and O–H groups in total. The van der Waals surface area contributed by atoms with Crippen LogP contribution in [-0.4, -0.2) is 6.29 Å². The van der Waals surface area contributed by atoms with Gasteiger partial charge in [-0.05, 0) is 35.6 Å². The normalized spacial score (nSPS) is 12.1. The van der Waals surface area contributed by atoms with Gasteiger partial charge in [0, 0.05) is 10.9 Å². The Morgan fingerprint density at radius 3 is 2.28 bits per heavy atom. The van der Waals surface area contributed by atoms with Gasteiger partial charge in [-0.15, -0.1) is 0 Å². The number of rotatable bonds is 5. The van der Waals surface area contributed by atoms with Gasteiger partial charge in [0.25, 0.3) is 0 Å². The van der Waals surface area contributed by atoms with Gasteiger partial charge in [-0.2, -0.15) is 0 Å². The molecular formula is C16H15BrO. The number of carbonyl (C=O) groups is 1. The molecule has 0 aliphatic rings. The fourth-order valence-electron chi connectivity index (χ4n) is 2.08. The monoisotopic (exact) mass is 302 g/mol. The second kappa shape index (κ2) is 6.50. The Morgan fingerprint density at radius 1 is 1.00 bits per heavy atom. The van der Waals surface area contributed by atoms with E-state index in [1.165, 1.54) is 11.1 Å². The summed E-state index contributed by atoms with van der Waals surface area (Å²) in [5, 5.41) is 0. The highest BCUT2D eigenvalue weighted by atomic mass is 79.9. The molecule has 2 aromatic carbocycles. The average Bonchev–Trinajstić information content (AvgIpc) is 2.42. The molecule has 0 unspecified atom stereocenters. The Labute approximate surface area is 116 Å². The highest BCUT2D eigenvalue weighted by Crippen LogP contribution is 2.24. The minimum Gasteiger partial charge on any atom is -0.303 e. The van der Waals surface area contributed by atoms with E-state index in [0.29, 0.717) is 6.42 Å². The molecule has 0 radical (unpaired) electrons. The van der Waals surface area contributed by atoms with Crippen molar-refractivity contribution >= 4 is 22.2 Å². The summed E-state index contributed by atoms with van der Waals surface area (Å²) >= 11 is 3.43. The Balaban J connectivity index is 2.16. The zero-order valence-electron chi connectivity index (χ0n) is 10.1. The van der Waals surface area contributed by atoms with Crippen LogP contribution >= 0.6 is 15.9 Å². The van der Waals surface area contributed by atoms with Crippen LogP contribution in [0.3, 0.4) is 0 Å². The van der Waals surface area contributed by atoms with Gasteiger partial charge >= 0.3 is 0 Å². The summed E-state index contributed by atoms with van der Waals surface area (Å²) in [7, 11) is 0. The predicted molar refractivity (Wildman–Crippen MR) is 77.7 cm³/mol. The van der Waals surface area contributed by atoms with Gasteiger partial charge in [0.2, 0.25) is 0 Å². The Hall–Kier alpha value is -1.41. The number of hydrogen-bond donors (Lipinski definition) is 0. The minimum atomic E-state index is 0.268. The van der Waals surface area contributed by atoms with Gasteiger partial charge in [-0.25, -0.2) is 0 Å². The minimum absolute atomic E-state index is 0.268. The molecular weight excluding hydrogens is 288 g/mol. The van der Waals surface area contributed by atoms with Crippen molar-refractivity contribution in [2.24, 2.45) is 0 Å². The first-order valence-corrected chi connectivity index (χ1v) is 6.82. The molecule has 0 saturated heterocycles. The Bertz CT molecular complexity index is 490. The van der Waals surface area contributed by atoms with E-state index in [4.69, 9.17) is 0 Å². The molecule has 0 spiro atoms. The van der Waals surface area contributed by atoms with Gasteiger partial charge in [-0.3, -0.25) is 0 Å². The van der Waals surface area contributed by atoms with Crippen LogP contribution in [-0.2, 0) is 11.2 Å². The number of carbonyl (C=O) groups excluding carboxylic acids is 1. The quantitative estimate of drug-likeness (QED) is 0.750. The van der Waals surface area contributed by atoms with Crippen molar-refractivity contribution in [3.05, 3.63) is 70.2 Å². The van der Waals surface area contributed by atoms with E-state index in [9.17, 15) is 4.79 Å². The molecule has 2 heteroatoms. The van der Waals surface area contributed by atoms with Crippen LogP contribution in [0.2, 0.25) is 0 Å². The van der Waals surface area contributed by atoms with Crippen molar-refractivity contribution in [2.75, 3.05) is 0 Å². The van der Waals surface area contributed by atoms with Gasteiger partial charge in [0.1, 0.15) is 6.29 Å². The topological polar surface area (TPSA) is 17.1 Å². The zero-order chi connectivity index (χ0) is 12.8. The summed E-state index contributed by atoms with van der Waals surface area (Å²) in [6, 6.07) is 18.5. The average molecular weight is 303 g/mol. The molecule has 2 aromatic rings. The summed E-state index contributed by atoms with van der Waals surface area (Å²) in [6.07, 6.45) is 2.48. The van der Waals surface area contributed by atoms with E-state index in [1.807, 2.05) is 30.3 Å². The summed E-state index contributed by atoms with van der Waals surface area (Å²) in [5.41, 5.74) is 2.49. The van der Waals surface area contributed by atoms with E-state index in [0.717, 1.165) is 17.2 Å². The van der Waals surface area contributed by atoms with Gasteiger partial charge in [-0.1, -0.05) is 58.4 Å². The summed E-state index contributed by atoms with van der Waals surface area (Å²) in [5.74, 6) is 0.268. The lowest BCUT2D eigenvalue weighted by atomic mass is 9.90. The van der Waals surface area contributed by atoms with Crippen LogP contribution in [0.4, 0.5) is 0 Å². The predicted octanol–water partition coefficient (Wildman–Crippen LogP) is 4.36. The number of halogens is 1. The maximum Gasteiger partial charge on any atom is 0.120 e. The standard InChI is InChI=1S/C16H15BrO/c17-16-8-6-13(7-9-16)12-15(10-11-18)14-4-2-1-3-5-14/h1-9,11,15H,10,12H2/t15-/m1/s1.